The number of hydrogen-bond acceptors (Lipinski definition) is 3. The molecule has 2 nitrogen and oxygen atoms in total. The lowest BCUT2D eigenvalue weighted by Gasteiger charge is -2.11. The zero-order chi connectivity index (χ0) is 12.8. The molecule has 0 unspecified atom stereocenters. The summed E-state index contributed by atoms with van der Waals surface area (Å²) in [6, 6.07) is 6.42. The summed E-state index contributed by atoms with van der Waals surface area (Å²) in [4.78, 5) is 12.4. The number of benzene rings is 1. The number of ether oxygens (including phenoxy) is 1. The van der Waals surface area contributed by atoms with Crippen LogP contribution in [0.25, 0.3) is 0 Å². The van der Waals surface area contributed by atoms with Gasteiger partial charge in [0.05, 0.1) is 7.11 Å². The molecule has 0 aromatic heterocycles. The van der Waals surface area contributed by atoms with Crippen molar-refractivity contribution in [3.8, 4) is 0 Å². The molecule has 1 rings (SSSR count). The van der Waals surface area contributed by atoms with Gasteiger partial charge in [0.25, 0.3) is 0 Å². The summed E-state index contributed by atoms with van der Waals surface area (Å²) in [5.74, 6) is -0.146. The van der Waals surface area contributed by atoms with E-state index in [0.717, 1.165) is 6.42 Å². The van der Waals surface area contributed by atoms with Gasteiger partial charge < -0.3 is 4.74 Å². The Morgan fingerprint density at radius 2 is 2.12 bits per heavy atom. The predicted octanol–water partition coefficient (Wildman–Crippen LogP) is 3.60. The fourth-order valence-corrected chi connectivity index (χ4v) is 2.58. The molecule has 0 amide bonds. The molecule has 0 fully saturated rings. The summed E-state index contributed by atoms with van der Waals surface area (Å²) in [5.41, 5.74) is 2.48. The molecule has 0 saturated heterocycles. The van der Waals surface area contributed by atoms with Gasteiger partial charge in [-0.25, -0.2) is 0 Å². The van der Waals surface area contributed by atoms with Crippen LogP contribution in [-0.4, -0.2) is 18.3 Å². The molecule has 0 aliphatic carbocycles. The van der Waals surface area contributed by atoms with E-state index in [0.29, 0.717) is 11.7 Å². The summed E-state index contributed by atoms with van der Waals surface area (Å²) in [7, 11) is 1.43. The Bertz CT molecular complexity index is 386. The van der Waals surface area contributed by atoms with Gasteiger partial charge in [0.2, 0.25) is 0 Å². The number of carbonyl (C=O) groups excluding carboxylic acids is 1. The Hall–Kier alpha value is -0.960. The van der Waals surface area contributed by atoms with Gasteiger partial charge in [0, 0.05) is 16.6 Å². The number of esters is 1. The van der Waals surface area contributed by atoms with E-state index < -0.39 is 0 Å². The minimum atomic E-state index is -0.146. The topological polar surface area (TPSA) is 26.3 Å². The zero-order valence-corrected chi connectivity index (χ0v) is 11.8. The van der Waals surface area contributed by atoms with Crippen molar-refractivity contribution in [3.05, 3.63) is 29.3 Å². The molecule has 3 heteroatoms. The number of rotatable bonds is 5. The van der Waals surface area contributed by atoms with Crippen LogP contribution >= 0.6 is 11.8 Å². The molecule has 0 saturated carbocycles. The van der Waals surface area contributed by atoms with E-state index >= 15 is 0 Å². The van der Waals surface area contributed by atoms with Gasteiger partial charge in [-0.1, -0.05) is 31.5 Å². The Labute approximate surface area is 108 Å². The van der Waals surface area contributed by atoms with Gasteiger partial charge in [-0.15, -0.1) is 11.8 Å². The van der Waals surface area contributed by atoms with Crippen LogP contribution in [0.2, 0.25) is 0 Å². The Morgan fingerprint density at radius 3 is 2.71 bits per heavy atom. The first-order chi connectivity index (χ1) is 8.02. The maximum atomic E-state index is 11.2. The lowest BCUT2D eigenvalue weighted by atomic mass is 10.1. The monoisotopic (exact) mass is 252 g/mol. The molecule has 1 aromatic rings. The van der Waals surface area contributed by atoms with Crippen molar-refractivity contribution in [1.82, 2.24) is 0 Å². The molecule has 94 valence electrons. The van der Waals surface area contributed by atoms with Crippen LogP contribution in [0, 0.1) is 6.92 Å². The van der Waals surface area contributed by atoms with E-state index in [1.54, 1.807) is 0 Å². The molecule has 0 N–H and O–H groups in total. The zero-order valence-electron chi connectivity index (χ0n) is 10.9. The molecule has 17 heavy (non-hydrogen) atoms. The quantitative estimate of drug-likeness (QED) is 0.591. The molecule has 0 bridgehead atoms. The van der Waals surface area contributed by atoms with Gasteiger partial charge in [-0.2, -0.15) is 0 Å². The molecule has 0 radical (unpaired) electrons. The third-order valence-electron chi connectivity index (χ3n) is 2.40. The van der Waals surface area contributed by atoms with E-state index in [-0.39, 0.29) is 5.97 Å². The van der Waals surface area contributed by atoms with Crippen LogP contribution in [0.5, 0.6) is 0 Å². The first-order valence-corrected chi connectivity index (χ1v) is 6.74. The van der Waals surface area contributed by atoms with Crippen molar-refractivity contribution in [3.63, 3.8) is 0 Å². The first kappa shape index (κ1) is 14.1. The van der Waals surface area contributed by atoms with Crippen molar-refractivity contribution in [2.24, 2.45) is 0 Å². The summed E-state index contributed by atoms with van der Waals surface area (Å²) in [6.45, 7) is 6.43. The second-order valence-electron chi connectivity index (χ2n) is 4.35. The maximum Gasteiger partial charge on any atom is 0.305 e. The minimum Gasteiger partial charge on any atom is -0.469 e. The maximum absolute atomic E-state index is 11.2. The standard InChI is InChI=1S/C14H20O2S/c1-10(2)17-13-7-5-11(3)9-12(13)6-8-14(15)16-4/h5,7,9-10H,6,8H2,1-4H3. The van der Waals surface area contributed by atoms with Crippen molar-refractivity contribution in [1.29, 1.82) is 0 Å². The van der Waals surface area contributed by atoms with E-state index in [1.165, 1.54) is 23.1 Å². The van der Waals surface area contributed by atoms with Gasteiger partial charge >= 0.3 is 5.97 Å². The highest BCUT2D eigenvalue weighted by Gasteiger charge is 2.08. The van der Waals surface area contributed by atoms with Crippen LogP contribution in [0.4, 0.5) is 0 Å². The van der Waals surface area contributed by atoms with Crippen LogP contribution < -0.4 is 0 Å². The smallest absolute Gasteiger partial charge is 0.305 e. The first-order valence-electron chi connectivity index (χ1n) is 5.86. The molecule has 0 aliphatic heterocycles. The van der Waals surface area contributed by atoms with E-state index in [9.17, 15) is 4.79 Å². The molecule has 1 aromatic carbocycles. The van der Waals surface area contributed by atoms with Crippen LogP contribution in [0.15, 0.2) is 23.1 Å². The average molecular weight is 252 g/mol. The van der Waals surface area contributed by atoms with Crippen LogP contribution in [0.1, 0.15) is 31.4 Å². The second-order valence-corrected chi connectivity index (χ2v) is 5.97. The minimum absolute atomic E-state index is 0.146. The normalized spacial score (nSPS) is 10.6. The van der Waals surface area contributed by atoms with Crippen LogP contribution in [0.3, 0.4) is 0 Å². The van der Waals surface area contributed by atoms with Gasteiger partial charge in [-0.05, 0) is 25.0 Å². The van der Waals surface area contributed by atoms with Gasteiger partial charge in [0.15, 0.2) is 0 Å². The number of methoxy groups -OCH3 is 1. The molecule has 0 spiro atoms. The van der Waals surface area contributed by atoms with E-state index in [4.69, 9.17) is 0 Å². The Kier molecular flexibility index (Phi) is 5.56. The molecule has 0 heterocycles. The molecule has 0 aliphatic rings. The third kappa shape index (κ3) is 4.82. The van der Waals surface area contributed by atoms with Crippen molar-refractivity contribution in [2.75, 3.05) is 7.11 Å². The lowest BCUT2D eigenvalue weighted by Crippen LogP contribution is -2.03. The highest BCUT2D eigenvalue weighted by Crippen LogP contribution is 2.28. The van der Waals surface area contributed by atoms with Crippen molar-refractivity contribution in [2.45, 2.75) is 43.8 Å². The molecular formula is C14H20O2S. The van der Waals surface area contributed by atoms with Crippen molar-refractivity contribution < 1.29 is 9.53 Å². The third-order valence-corrected chi connectivity index (χ3v) is 3.53. The highest BCUT2D eigenvalue weighted by atomic mass is 32.2. The number of hydrogen-bond donors (Lipinski definition) is 0. The fourth-order valence-electron chi connectivity index (χ4n) is 1.61. The van der Waals surface area contributed by atoms with Crippen LogP contribution in [-0.2, 0) is 16.0 Å². The summed E-state index contributed by atoms with van der Waals surface area (Å²) < 4.78 is 4.68. The summed E-state index contributed by atoms with van der Waals surface area (Å²) in [6.07, 6.45) is 1.20. The lowest BCUT2D eigenvalue weighted by molar-refractivity contribution is -0.140. The summed E-state index contributed by atoms with van der Waals surface area (Å²) in [5, 5.41) is 0.551. The second kappa shape index (κ2) is 6.70. The van der Waals surface area contributed by atoms with E-state index in [2.05, 4.69) is 43.7 Å². The highest BCUT2D eigenvalue weighted by molar-refractivity contribution is 8.00. The van der Waals surface area contributed by atoms with Gasteiger partial charge in [-0.3, -0.25) is 4.79 Å². The number of carbonyl (C=O) groups is 1. The van der Waals surface area contributed by atoms with Crippen molar-refractivity contribution >= 4 is 17.7 Å². The Balaban J connectivity index is 2.79. The molecule has 0 atom stereocenters. The molecular weight excluding hydrogens is 232 g/mol. The summed E-state index contributed by atoms with van der Waals surface area (Å²) >= 11 is 1.84. The van der Waals surface area contributed by atoms with E-state index in [1.807, 2.05) is 11.8 Å². The number of aryl methyl sites for hydroxylation is 2. The Morgan fingerprint density at radius 1 is 1.41 bits per heavy atom. The van der Waals surface area contributed by atoms with Gasteiger partial charge in [0.1, 0.15) is 0 Å². The SMILES string of the molecule is COC(=O)CCc1cc(C)ccc1SC(C)C. The predicted molar refractivity (Wildman–Crippen MR) is 72.5 cm³/mol. The largest absolute Gasteiger partial charge is 0.469 e. The number of thioether (sulfide) groups is 1. The average Bonchev–Trinajstić information content (AvgIpc) is 2.28. The fraction of sp³-hybridized carbons (Fsp3) is 0.500.